The van der Waals surface area contributed by atoms with Crippen molar-refractivity contribution >= 4 is 64.9 Å². The van der Waals surface area contributed by atoms with Crippen LogP contribution >= 0.6 is 0 Å². The Balaban J connectivity index is 1.13. The van der Waals surface area contributed by atoms with Gasteiger partial charge in [-0.3, -0.25) is 0 Å². The van der Waals surface area contributed by atoms with Gasteiger partial charge in [0.05, 0.1) is 16.7 Å². The predicted molar refractivity (Wildman–Crippen MR) is 246 cm³/mol. The molecule has 274 valence electrons. The molecule has 0 atom stereocenters. The van der Waals surface area contributed by atoms with E-state index in [1.807, 2.05) is 0 Å². The summed E-state index contributed by atoms with van der Waals surface area (Å²) in [6.45, 7) is 0. The quantitative estimate of drug-likeness (QED) is 0.176. The van der Waals surface area contributed by atoms with Crippen molar-refractivity contribution in [3.05, 3.63) is 206 Å². The lowest BCUT2D eigenvalue weighted by molar-refractivity contribution is 1.07. The Morgan fingerprint density at radius 1 is 0.288 bits per heavy atom. The molecule has 0 N–H and O–H groups in total. The summed E-state index contributed by atoms with van der Waals surface area (Å²) in [5.74, 6) is 1.89. The van der Waals surface area contributed by atoms with Gasteiger partial charge in [0.25, 0.3) is 0 Å². The van der Waals surface area contributed by atoms with Crippen LogP contribution in [0.4, 0.5) is 0 Å². The van der Waals surface area contributed by atoms with Crippen molar-refractivity contribution in [3.63, 3.8) is 0 Å². The first-order chi connectivity index (χ1) is 29.2. The summed E-state index contributed by atoms with van der Waals surface area (Å²) in [7, 11) is 0. The van der Waals surface area contributed by atoms with E-state index in [4.69, 9.17) is 15.0 Å². The molecule has 4 heteroatoms. The highest BCUT2D eigenvalue weighted by Gasteiger charge is 2.21. The number of fused-ring (bicyclic) bond motifs is 8. The minimum absolute atomic E-state index is 0.619. The van der Waals surface area contributed by atoms with Gasteiger partial charge in [0.1, 0.15) is 0 Å². The maximum Gasteiger partial charge on any atom is 0.164 e. The lowest BCUT2D eigenvalue weighted by atomic mass is 9.99. The van der Waals surface area contributed by atoms with Gasteiger partial charge in [-0.15, -0.1) is 0 Å². The average molecular weight is 751 g/mol. The normalized spacial score (nSPS) is 11.7. The fourth-order valence-electron chi connectivity index (χ4n) is 8.85. The minimum Gasteiger partial charge on any atom is -0.308 e. The van der Waals surface area contributed by atoms with Crippen LogP contribution in [0.3, 0.4) is 0 Å². The molecule has 0 aliphatic heterocycles. The van der Waals surface area contributed by atoms with Crippen LogP contribution in [0.15, 0.2) is 206 Å². The average Bonchev–Trinajstić information content (AvgIpc) is 3.63. The van der Waals surface area contributed by atoms with Gasteiger partial charge in [0.15, 0.2) is 17.5 Å². The molecule has 4 nitrogen and oxygen atoms in total. The zero-order chi connectivity index (χ0) is 38.9. The summed E-state index contributed by atoms with van der Waals surface area (Å²) in [5, 5.41) is 11.9. The molecule has 0 saturated carbocycles. The molecule has 0 radical (unpaired) electrons. The Bertz CT molecular complexity index is 3520. The lowest BCUT2D eigenvalue weighted by Crippen LogP contribution is -2.02. The smallest absolute Gasteiger partial charge is 0.164 e. The van der Waals surface area contributed by atoms with Gasteiger partial charge in [-0.2, -0.15) is 0 Å². The van der Waals surface area contributed by atoms with Gasteiger partial charge in [0, 0.05) is 38.4 Å². The summed E-state index contributed by atoms with van der Waals surface area (Å²) >= 11 is 0. The molecule has 0 spiro atoms. The summed E-state index contributed by atoms with van der Waals surface area (Å²) in [5.41, 5.74) is 8.44. The second kappa shape index (κ2) is 13.3. The molecule has 0 aliphatic carbocycles. The highest BCUT2D eigenvalue weighted by atomic mass is 15.0. The van der Waals surface area contributed by atoms with Crippen molar-refractivity contribution in [2.24, 2.45) is 0 Å². The molecule has 0 fully saturated rings. The van der Waals surface area contributed by atoms with E-state index in [2.05, 4.69) is 211 Å². The maximum absolute atomic E-state index is 5.24. The molecule has 2 heterocycles. The standard InChI is InChI=1S/C55H34N4/c1-2-14-37(15-3-1)48-33-45(27-29-50(48)59-51-34-42-20-9-8-19-41(42)32-49(51)47-28-26-38-16-10-11-21-46(38)52(47)59)55-57-53(43-24-22-35-12-4-6-17-39(35)30-43)56-54(58-55)44-25-23-36-13-5-7-18-40(36)31-44/h1-34H. The fourth-order valence-corrected chi connectivity index (χ4v) is 8.85. The molecule has 2 aromatic heterocycles. The van der Waals surface area contributed by atoms with E-state index in [-0.39, 0.29) is 0 Å². The molecule has 12 rings (SSSR count). The molecule has 59 heavy (non-hydrogen) atoms. The second-order valence-electron chi connectivity index (χ2n) is 15.3. The number of benzene rings is 10. The van der Waals surface area contributed by atoms with Gasteiger partial charge < -0.3 is 4.57 Å². The summed E-state index contributed by atoms with van der Waals surface area (Å²) < 4.78 is 2.47. The number of hydrogen-bond acceptors (Lipinski definition) is 3. The van der Waals surface area contributed by atoms with Gasteiger partial charge in [0.2, 0.25) is 0 Å². The van der Waals surface area contributed by atoms with Crippen molar-refractivity contribution < 1.29 is 0 Å². The van der Waals surface area contributed by atoms with Crippen LogP contribution < -0.4 is 0 Å². The number of nitrogens with zero attached hydrogens (tertiary/aromatic N) is 4. The maximum atomic E-state index is 5.24. The molecular weight excluding hydrogens is 717 g/mol. The SMILES string of the molecule is c1ccc(-c2cc(-c3nc(-c4ccc5ccccc5c4)nc(-c4ccc5ccccc5c4)n3)ccc2-n2c3cc4ccccc4cc3c3ccc4ccccc4c32)cc1. The molecule has 0 saturated heterocycles. The topological polar surface area (TPSA) is 43.6 Å². The van der Waals surface area contributed by atoms with Crippen LogP contribution in [0.1, 0.15) is 0 Å². The Morgan fingerprint density at radius 2 is 0.763 bits per heavy atom. The van der Waals surface area contributed by atoms with E-state index in [1.165, 1.54) is 48.6 Å². The van der Waals surface area contributed by atoms with Gasteiger partial charge in [-0.1, -0.05) is 164 Å². The monoisotopic (exact) mass is 750 g/mol. The third-order valence-electron chi connectivity index (χ3n) is 11.8. The van der Waals surface area contributed by atoms with Crippen molar-refractivity contribution in [2.45, 2.75) is 0 Å². The molecule has 10 aromatic carbocycles. The molecule has 0 bridgehead atoms. The molecule has 0 amide bonds. The lowest BCUT2D eigenvalue weighted by Gasteiger charge is -2.17. The van der Waals surface area contributed by atoms with E-state index in [0.29, 0.717) is 17.5 Å². The van der Waals surface area contributed by atoms with Gasteiger partial charge in [-0.05, 0) is 85.7 Å². The van der Waals surface area contributed by atoms with Crippen LogP contribution in [0, 0.1) is 0 Å². The van der Waals surface area contributed by atoms with Crippen LogP contribution in [0.25, 0.3) is 116 Å². The predicted octanol–water partition coefficient (Wildman–Crippen LogP) is 14.2. The zero-order valence-corrected chi connectivity index (χ0v) is 31.9. The van der Waals surface area contributed by atoms with Crippen LogP contribution in [0.5, 0.6) is 0 Å². The first kappa shape index (κ1) is 33.2. The highest BCUT2D eigenvalue weighted by molar-refractivity contribution is 6.21. The summed E-state index contributed by atoms with van der Waals surface area (Å²) in [6, 6.07) is 73.6. The minimum atomic E-state index is 0.619. The number of hydrogen-bond donors (Lipinski definition) is 0. The van der Waals surface area contributed by atoms with Crippen LogP contribution in [0.2, 0.25) is 0 Å². The summed E-state index contributed by atoms with van der Waals surface area (Å²) in [6.07, 6.45) is 0. The molecule has 0 unspecified atom stereocenters. The number of rotatable bonds is 5. The first-order valence-electron chi connectivity index (χ1n) is 20.0. The van der Waals surface area contributed by atoms with E-state index in [1.54, 1.807) is 0 Å². The molecule has 12 aromatic rings. The Hall–Kier alpha value is -7.95. The van der Waals surface area contributed by atoms with Gasteiger partial charge in [-0.25, -0.2) is 15.0 Å². The van der Waals surface area contributed by atoms with E-state index < -0.39 is 0 Å². The Morgan fingerprint density at radius 3 is 1.39 bits per heavy atom. The van der Waals surface area contributed by atoms with E-state index in [9.17, 15) is 0 Å². The summed E-state index contributed by atoms with van der Waals surface area (Å²) in [4.78, 5) is 15.6. The largest absolute Gasteiger partial charge is 0.308 e. The third kappa shape index (κ3) is 5.57. The Kier molecular flexibility index (Phi) is 7.50. The van der Waals surface area contributed by atoms with E-state index >= 15 is 0 Å². The van der Waals surface area contributed by atoms with Crippen LogP contribution in [-0.2, 0) is 0 Å². The third-order valence-corrected chi connectivity index (χ3v) is 11.8. The zero-order valence-electron chi connectivity index (χ0n) is 31.9. The Labute approximate surface area is 340 Å². The van der Waals surface area contributed by atoms with E-state index in [0.717, 1.165) is 49.8 Å². The second-order valence-corrected chi connectivity index (χ2v) is 15.3. The molecule has 0 aliphatic rings. The fraction of sp³-hybridized carbons (Fsp3) is 0. The van der Waals surface area contributed by atoms with Crippen molar-refractivity contribution in [1.82, 2.24) is 19.5 Å². The van der Waals surface area contributed by atoms with Crippen molar-refractivity contribution in [1.29, 1.82) is 0 Å². The van der Waals surface area contributed by atoms with Crippen molar-refractivity contribution in [3.8, 4) is 51.0 Å². The van der Waals surface area contributed by atoms with Crippen LogP contribution in [-0.4, -0.2) is 19.5 Å². The number of aromatic nitrogens is 4. The highest BCUT2D eigenvalue weighted by Crippen LogP contribution is 2.42. The van der Waals surface area contributed by atoms with Gasteiger partial charge >= 0.3 is 0 Å². The first-order valence-corrected chi connectivity index (χ1v) is 20.0. The molecular formula is C55H34N4. The van der Waals surface area contributed by atoms with Crippen molar-refractivity contribution in [2.75, 3.05) is 0 Å².